The van der Waals surface area contributed by atoms with Crippen LogP contribution in [0.25, 0.3) is 0 Å². The molecular formula is C12H11BrClF2NO. The largest absolute Gasteiger partial charge is 0.338 e. The van der Waals surface area contributed by atoms with E-state index in [0.717, 1.165) is 4.47 Å². The molecule has 98 valence electrons. The quantitative estimate of drug-likeness (QED) is 0.758. The van der Waals surface area contributed by atoms with Gasteiger partial charge in [-0.25, -0.2) is 8.78 Å². The first-order valence-electron chi connectivity index (χ1n) is 5.51. The standard InChI is InChI=1S/C12H11BrClF2NO/c13-8-1-2-9(10(14)7-8)11(18)17-5-3-12(15,16)4-6-17/h1-2,7H,3-6H2. The topological polar surface area (TPSA) is 20.3 Å². The summed E-state index contributed by atoms with van der Waals surface area (Å²) in [5.74, 6) is -2.94. The summed E-state index contributed by atoms with van der Waals surface area (Å²) in [4.78, 5) is 13.5. The first-order chi connectivity index (χ1) is 8.39. The number of benzene rings is 1. The molecule has 1 aliphatic rings. The van der Waals surface area contributed by atoms with Gasteiger partial charge in [0.15, 0.2) is 0 Å². The average Bonchev–Trinajstić information content (AvgIpc) is 2.28. The molecule has 1 fully saturated rings. The molecule has 2 nitrogen and oxygen atoms in total. The van der Waals surface area contributed by atoms with Crippen molar-refractivity contribution in [2.75, 3.05) is 13.1 Å². The van der Waals surface area contributed by atoms with Crippen molar-refractivity contribution in [3.63, 3.8) is 0 Å². The highest BCUT2D eigenvalue weighted by atomic mass is 79.9. The first kappa shape index (κ1) is 13.7. The van der Waals surface area contributed by atoms with E-state index < -0.39 is 5.92 Å². The maximum atomic E-state index is 13.0. The molecule has 0 bridgehead atoms. The van der Waals surface area contributed by atoms with E-state index in [1.807, 2.05) is 0 Å². The number of nitrogens with zero attached hydrogens (tertiary/aromatic N) is 1. The van der Waals surface area contributed by atoms with E-state index >= 15 is 0 Å². The van der Waals surface area contributed by atoms with Crippen molar-refractivity contribution in [3.05, 3.63) is 33.3 Å². The molecule has 6 heteroatoms. The van der Waals surface area contributed by atoms with E-state index in [4.69, 9.17) is 11.6 Å². The molecule has 0 aromatic heterocycles. The minimum Gasteiger partial charge on any atom is -0.338 e. The van der Waals surface area contributed by atoms with Gasteiger partial charge >= 0.3 is 0 Å². The molecule has 1 amide bonds. The maximum absolute atomic E-state index is 13.0. The number of rotatable bonds is 1. The van der Waals surface area contributed by atoms with E-state index in [2.05, 4.69) is 15.9 Å². The minimum atomic E-state index is -2.65. The fraction of sp³-hybridized carbons (Fsp3) is 0.417. The Balaban J connectivity index is 2.13. The summed E-state index contributed by atoms with van der Waals surface area (Å²) in [5.41, 5.74) is 0.352. The molecule has 0 spiro atoms. The van der Waals surface area contributed by atoms with Crippen LogP contribution in [0.3, 0.4) is 0 Å². The summed E-state index contributed by atoms with van der Waals surface area (Å²) >= 11 is 9.22. The van der Waals surface area contributed by atoms with Gasteiger partial charge in [-0.15, -0.1) is 0 Å². The third-order valence-corrected chi connectivity index (χ3v) is 3.75. The lowest BCUT2D eigenvalue weighted by Gasteiger charge is -2.32. The molecule has 1 aliphatic heterocycles. The zero-order valence-electron chi connectivity index (χ0n) is 9.43. The fourth-order valence-corrected chi connectivity index (χ4v) is 2.62. The molecule has 1 heterocycles. The predicted molar refractivity (Wildman–Crippen MR) is 69.2 cm³/mol. The zero-order valence-corrected chi connectivity index (χ0v) is 11.8. The Labute approximate surface area is 117 Å². The lowest BCUT2D eigenvalue weighted by Crippen LogP contribution is -2.42. The van der Waals surface area contributed by atoms with Gasteiger partial charge in [-0.05, 0) is 18.2 Å². The summed E-state index contributed by atoms with van der Waals surface area (Å²) in [6.07, 6.45) is -0.570. The molecule has 1 aromatic rings. The lowest BCUT2D eigenvalue weighted by atomic mass is 10.1. The van der Waals surface area contributed by atoms with Crippen molar-refractivity contribution in [1.82, 2.24) is 4.90 Å². The van der Waals surface area contributed by atoms with Crippen LogP contribution in [-0.2, 0) is 0 Å². The number of hydrogen-bond donors (Lipinski definition) is 0. The maximum Gasteiger partial charge on any atom is 0.255 e. The number of carbonyl (C=O) groups excluding carboxylic acids is 1. The van der Waals surface area contributed by atoms with Crippen molar-refractivity contribution in [2.24, 2.45) is 0 Å². The summed E-state index contributed by atoms with van der Waals surface area (Å²) in [6.45, 7) is 0.135. The average molecular weight is 339 g/mol. The van der Waals surface area contributed by atoms with Gasteiger partial charge in [-0.1, -0.05) is 27.5 Å². The Kier molecular flexibility index (Phi) is 3.92. The molecule has 0 N–H and O–H groups in total. The van der Waals surface area contributed by atoms with E-state index in [9.17, 15) is 13.6 Å². The number of hydrogen-bond acceptors (Lipinski definition) is 1. The van der Waals surface area contributed by atoms with Gasteiger partial charge in [-0.3, -0.25) is 4.79 Å². The first-order valence-corrected chi connectivity index (χ1v) is 6.68. The summed E-state index contributed by atoms with van der Waals surface area (Å²) in [6, 6.07) is 4.92. The summed E-state index contributed by atoms with van der Waals surface area (Å²) in [7, 11) is 0. The fourth-order valence-electron chi connectivity index (χ4n) is 1.87. The highest BCUT2D eigenvalue weighted by molar-refractivity contribution is 9.10. The van der Waals surface area contributed by atoms with E-state index in [1.165, 1.54) is 4.90 Å². The van der Waals surface area contributed by atoms with Crippen LogP contribution in [0.15, 0.2) is 22.7 Å². The van der Waals surface area contributed by atoms with Crippen molar-refractivity contribution in [2.45, 2.75) is 18.8 Å². The second-order valence-corrected chi connectivity index (χ2v) is 5.60. The SMILES string of the molecule is O=C(c1ccc(Br)cc1Cl)N1CCC(F)(F)CC1. The molecule has 0 radical (unpaired) electrons. The van der Waals surface area contributed by atoms with Crippen molar-refractivity contribution < 1.29 is 13.6 Å². The normalized spacial score (nSPS) is 18.8. The minimum absolute atomic E-state index is 0.0677. The Morgan fingerprint density at radius 2 is 1.94 bits per heavy atom. The molecule has 0 aliphatic carbocycles. The van der Waals surface area contributed by atoms with Crippen molar-refractivity contribution in [3.8, 4) is 0 Å². The molecule has 0 atom stereocenters. The van der Waals surface area contributed by atoms with Gasteiger partial charge in [0.1, 0.15) is 0 Å². The van der Waals surface area contributed by atoms with Crippen LogP contribution < -0.4 is 0 Å². The highest BCUT2D eigenvalue weighted by Crippen LogP contribution is 2.29. The van der Waals surface area contributed by atoms with E-state index in [1.54, 1.807) is 18.2 Å². The second-order valence-electron chi connectivity index (χ2n) is 4.27. The Hall–Kier alpha value is -0.680. The number of amides is 1. The van der Waals surface area contributed by atoms with Crippen LogP contribution in [0.4, 0.5) is 8.78 Å². The second kappa shape index (κ2) is 5.13. The molecule has 18 heavy (non-hydrogen) atoms. The van der Waals surface area contributed by atoms with Crippen LogP contribution in [0.5, 0.6) is 0 Å². The van der Waals surface area contributed by atoms with Crippen LogP contribution in [0.2, 0.25) is 5.02 Å². The molecule has 1 aromatic carbocycles. The monoisotopic (exact) mass is 337 g/mol. The lowest BCUT2D eigenvalue weighted by molar-refractivity contribution is -0.0494. The summed E-state index contributed by atoms with van der Waals surface area (Å²) < 4.78 is 26.8. The predicted octanol–water partition coefficient (Wildman–Crippen LogP) is 3.97. The Morgan fingerprint density at radius 3 is 2.50 bits per heavy atom. The molecule has 2 rings (SSSR count). The molecule has 1 saturated heterocycles. The number of alkyl halides is 2. The van der Waals surface area contributed by atoms with Crippen LogP contribution >= 0.6 is 27.5 Å². The molecule has 0 unspecified atom stereocenters. The highest BCUT2D eigenvalue weighted by Gasteiger charge is 2.36. The van der Waals surface area contributed by atoms with Gasteiger partial charge in [0, 0.05) is 30.4 Å². The van der Waals surface area contributed by atoms with E-state index in [0.29, 0.717) is 10.6 Å². The third kappa shape index (κ3) is 3.01. The molecule has 0 saturated carbocycles. The smallest absolute Gasteiger partial charge is 0.255 e. The molecular weight excluding hydrogens is 327 g/mol. The Bertz CT molecular complexity index is 471. The van der Waals surface area contributed by atoms with Crippen molar-refractivity contribution >= 4 is 33.4 Å². The van der Waals surface area contributed by atoms with Crippen LogP contribution in [-0.4, -0.2) is 29.8 Å². The summed E-state index contributed by atoms with van der Waals surface area (Å²) in [5, 5.41) is 0.326. The van der Waals surface area contributed by atoms with E-state index in [-0.39, 0.29) is 31.8 Å². The number of likely N-dealkylation sites (tertiary alicyclic amines) is 1. The van der Waals surface area contributed by atoms with Gasteiger partial charge in [0.25, 0.3) is 11.8 Å². The number of piperidine rings is 1. The van der Waals surface area contributed by atoms with Gasteiger partial charge in [0.2, 0.25) is 0 Å². The number of halogens is 4. The number of carbonyl (C=O) groups is 1. The zero-order chi connectivity index (χ0) is 13.3. The van der Waals surface area contributed by atoms with Gasteiger partial charge in [0.05, 0.1) is 10.6 Å². The van der Waals surface area contributed by atoms with Crippen LogP contribution in [0.1, 0.15) is 23.2 Å². The van der Waals surface area contributed by atoms with Crippen LogP contribution in [0, 0.1) is 0 Å². The van der Waals surface area contributed by atoms with Gasteiger partial charge in [-0.2, -0.15) is 0 Å². The third-order valence-electron chi connectivity index (χ3n) is 2.94. The van der Waals surface area contributed by atoms with Gasteiger partial charge < -0.3 is 4.90 Å². The Morgan fingerprint density at radius 1 is 1.33 bits per heavy atom. The van der Waals surface area contributed by atoms with Crippen molar-refractivity contribution in [1.29, 1.82) is 0 Å².